The Labute approximate surface area is 261 Å². The molecule has 1 aliphatic rings. The number of rotatable bonds is 7. The second kappa shape index (κ2) is 11.6. The van der Waals surface area contributed by atoms with E-state index in [1.54, 1.807) is 54.6 Å². The molecule has 0 bridgehead atoms. The summed E-state index contributed by atoms with van der Waals surface area (Å²) in [6, 6.07) is 25.9. The predicted molar refractivity (Wildman–Crippen MR) is 167 cm³/mol. The van der Waals surface area contributed by atoms with Crippen molar-refractivity contribution >= 4 is 71.1 Å². The van der Waals surface area contributed by atoms with Crippen LogP contribution in [0.15, 0.2) is 122 Å². The SMILES string of the molecule is N#CC1=C(c2ccccc2)/C(=N\Nc2ccc(/N=N/c3ccc(S(=O)(=O)O)cc3)cc2S(=O)(=O)O)C(=O)n2c1nc1ccccc12. The van der Waals surface area contributed by atoms with Crippen molar-refractivity contribution in [1.82, 2.24) is 9.55 Å². The Hall–Kier alpha value is -5.86. The number of nitriles is 1. The van der Waals surface area contributed by atoms with E-state index in [1.807, 2.05) is 0 Å². The summed E-state index contributed by atoms with van der Waals surface area (Å²) in [5.74, 6) is -0.500. The Bertz CT molecular complexity index is 2410. The molecule has 16 heteroatoms. The Balaban J connectivity index is 1.42. The van der Waals surface area contributed by atoms with Crippen molar-refractivity contribution in [2.45, 2.75) is 9.79 Å². The molecule has 1 aromatic heterocycles. The number of nitrogens with zero attached hydrogens (tertiary/aromatic N) is 6. The number of hydrazone groups is 1. The molecule has 2 heterocycles. The molecule has 228 valence electrons. The molecule has 6 rings (SSSR count). The number of nitrogens with one attached hydrogen (secondary N) is 1. The van der Waals surface area contributed by atoms with Gasteiger partial charge in [0.05, 0.1) is 33.0 Å². The molecule has 0 unspecified atom stereocenters. The number of hydrogen-bond donors (Lipinski definition) is 3. The Morgan fingerprint density at radius 2 is 1.46 bits per heavy atom. The zero-order valence-corrected chi connectivity index (χ0v) is 24.8. The molecule has 3 N–H and O–H groups in total. The molecular formula is C30H19N7O7S2. The van der Waals surface area contributed by atoms with Crippen LogP contribution in [0.1, 0.15) is 16.2 Å². The zero-order chi connectivity index (χ0) is 32.6. The predicted octanol–water partition coefficient (Wildman–Crippen LogP) is 5.50. The lowest BCUT2D eigenvalue weighted by molar-refractivity contribution is 0.0994. The van der Waals surface area contributed by atoms with Crippen LogP contribution in [0.25, 0.3) is 22.2 Å². The average molecular weight is 654 g/mol. The fourth-order valence-electron chi connectivity index (χ4n) is 4.73. The molecule has 0 saturated heterocycles. The first kappa shape index (κ1) is 30.2. The third-order valence-electron chi connectivity index (χ3n) is 6.80. The molecule has 0 spiro atoms. The van der Waals surface area contributed by atoms with Crippen molar-refractivity contribution in [2.75, 3.05) is 5.43 Å². The van der Waals surface area contributed by atoms with Gasteiger partial charge < -0.3 is 0 Å². The normalized spacial score (nSPS) is 14.5. The third kappa shape index (κ3) is 5.69. The van der Waals surface area contributed by atoms with Crippen molar-refractivity contribution in [3.8, 4) is 6.07 Å². The number of anilines is 1. The second-order valence-corrected chi connectivity index (χ2v) is 12.5. The summed E-state index contributed by atoms with van der Waals surface area (Å²) >= 11 is 0. The molecule has 4 aromatic carbocycles. The number of benzene rings is 4. The van der Waals surface area contributed by atoms with Gasteiger partial charge in [0.25, 0.3) is 26.1 Å². The molecular weight excluding hydrogens is 635 g/mol. The van der Waals surface area contributed by atoms with E-state index in [2.05, 4.69) is 31.8 Å². The van der Waals surface area contributed by atoms with Crippen LogP contribution in [0.3, 0.4) is 0 Å². The first-order chi connectivity index (χ1) is 22.0. The molecule has 0 saturated carbocycles. The summed E-state index contributed by atoms with van der Waals surface area (Å²) in [5.41, 5.74) is 3.95. The summed E-state index contributed by atoms with van der Waals surface area (Å²) < 4.78 is 67.6. The minimum Gasteiger partial charge on any atom is -0.282 e. The fourth-order valence-corrected chi connectivity index (χ4v) is 5.87. The third-order valence-corrected chi connectivity index (χ3v) is 8.56. The van der Waals surface area contributed by atoms with Crippen LogP contribution in [0.4, 0.5) is 17.1 Å². The maximum absolute atomic E-state index is 14.0. The monoisotopic (exact) mass is 653 g/mol. The number of allylic oxidation sites excluding steroid dienone is 2. The van der Waals surface area contributed by atoms with E-state index in [-0.39, 0.29) is 44.6 Å². The van der Waals surface area contributed by atoms with Gasteiger partial charge in [0.15, 0.2) is 11.5 Å². The average Bonchev–Trinajstić information content (AvgIpc) is 3.43. The van der Waals surface area contributed by atoms with Gasteiger partial charge in [-0.2, -0.15) is 37.4 Å². The highest BCUT2D eigenvalue weighted by atomic mass is 32.2. The summed E-state index contributed by atoms with van der Waals surface area (Å²) in [4.78, 5) is 17.5. The van der Waals surface area contributed by atoms with Gasteiger partial charge in [-0.1, -0.05) is 42.5 Å². The van der Waals surface area contributed by atoms with Gasteiger partial charge in [-0.3, -0.25) is 23.9 Å². The summed E-state index contributed by atoms with van der Waals surface area (Å²) in [6.07, 6.45) is 0. The van der Waals surface area contributed by atoms with Crippen molar-refractivity contribution in [1.29, 1.82) is 5.26 Å². The van der Waals surface area contributed by atoms with Crippen LogP contribution < -0.4 is 5.43 Å². The fraction of sp³-hybridized carbons (Fsp3) is 0. The molecule has 46 heavy (non-hydrogen) atoms. The quantitative estimate of drug-likeness (QED) is 0.114. The lowest BCUT2D eigenvalue weighted by Crippen LogP contribution is -2.30. The number of azo groups is 1. The van der Waals surface area contributed by atoms with Crippen molar-refractivity contribution in [2.24, 2.45) is 15.3 Å². The van der Waals surface area contributed by atoms with Gasteiger partial charge in [-0.25, -0.2) is 4.98 Å². The molecule has 0 radical (unpaired) electrons. The Kier molecular flexibility index (Phi) is 7.59. The smallest absolute Gasteiger partial charge is 0.282 e. The number of carbonyl (C=O) groups excluding carboxylic acids is 1. The van der Waals surface area contributed by atoms with Crippen LogP contribution in [0.2, 0.25) is 0 Å². The van der Waals surface area contributed by atoms with Crippen molar-refractivity contribution in [3.63, 3.8) is 0 Å². The van der Waals surface area contributed by atoms with Crippen LogP contribution in [-0.4, -0.2) is 47.1 Å². The van der Waals surface area contributed by atoms with Crippen LogP contribution in [0, 0.1) is 11.3 Å². The van der Waals surface area contributed by atoms with Gasteiger partial charge in [-0.15, -0.1) is 0 Å². The number of aromatic nitrogens is 2. The molecule has 0 aliphatic carbocycles. The summed E-state index contributed by atoms with van der Waals surface area (Å²) in [7, 11) is -9.27. The number of fused-ring (bicyclic) bond motifs is 3. The minimum absolute atomic E-state index is 0.00964. The largest absolute Gasteiger partial charge is 0.296 e. The molecule has 14 nitrogen and oxygen atoms in total. The maximum Gasteiger partial charge on any atom is 0.296 e. The van der Waals surface area contributed by atoms with Gasteiger partial charge >= 0.3 is 0 Å². The Morgan fingerprint density at radius 3 is 2.13 bits per heavy atom. The number of para-hydroxylation sites is 2. The van der Waals surface area contributed by atoms with Crippen LogP contribution >= 0.6 is 0 Å². The number of hydrogen-bond acceptors (Lipinski definition) is 11. The van der Waals surface area contributed by atoms with Crippen molar-refractivity contribution < 1.29 is 30.7 Å². The number of carbonyl (C=O) groups is 1. The first-order valence-electron chi connectivity index (χ1n) is 13.1. The first-order valence-corrected chi connectivity index (χ1v) is 16.0. The van der Waals surface area contributed by atoms with E-state index in [9.17, 15) is 31.4 Å². The van der Waals surface area contributed by atoms with Crippen LogP contribution in [-0.2, 0) is 20.2 Å². The molecule has 0 atom stereocenters. The van der Waals surface area contributed by atoms with Gasteiger partial charge in [0, 0.05) is 5.57 Å². The minimum atomic E-state index is -4.87. The van der Waals surface area contributed by atoms with E-state index in [4.69, 9.17) is 4.55 Å². The van der Waals surface area contributed by atoms with E-state index < -0.39 is 31.0 Å². The molecule has 0 amide bonds. The molecule has 5 aromatic rings. The highest BCUT2D eigenvalue weighted by Gasteiger charge is 2.35. The highest BCUT2D eigenvalue weighted by molar-refractivity contribution is 7.86. The summed E-state index contributed by atoms with van der Waals surface area (Å²) in [5, 5.41) is 22.3. The maximum atomic E-state index is 14.0. The summed E-state index contributed by atoms with van der Waals surface area (Å²) in [6.45, 7) is 0. The van der Waals surface area contributed by atoms with Gasteiger partial charge in [0.1, 0.15) is 16.5 Å². The van der Waals surface area contributed by atoms with Crippen molar-refractivity contribution in [3.05, 3.63) is 108 Å². The topological polar surface area (TPSA) is 217 Å². The van der Waals surface area contributed by atoms with E-state index in [0.717, 1.165) is 18.2 Å². The van der Waals surface area contributed by atoms with Gasteiger partial charge in [-0.05, 0) is 60.2 Å². The van der Waals surface area contributed by atoms with E-state index >= 15 is 0 Å². The van der Waals surface area contributed by atoms with Gasteiger partial charge in [0.2, 0.25) is 0 Å². The molecule has 0 fully saturated rings. The standard InChI is InChI=1S/C30H19N7O7S2/c31-17-22-27(18-6-2-1-3-7-18)28(30(38)37-25-9-5-4-8-23(25)32-29(22)37)36-35-24-15-12-20(16-26(24)46(42,43)44)34-33-19-10-13-21(14-11-19)45(39,40)41/h1-16,35H,(H,39,40,41)(H,42,43,44)/b34-33+,36-28+. The Morgan fingerprint density at radius 1 is 0.804 bits per heavy atom. The van der Waals surface area contributed by atoms with Crippen LogP contribution in [0.5, 0.6) is 0 Å². The number of imidazole rings is 1. The second-order valence-electron chi connectivity index (χ2n) is 9.69. The zero-order valence-electron chi connectivity index (χ0n) is 23.2. The van der Waals surface area contributed by atoms with E-state index in [1.165, 1.54) is 28.8 Å². The molecule has 1 aliphatic heterocycles. The lowest BCUT2D eigenvalue weighted by Gasteiger charge is -2.20. The lowest BCUT2D eigenvalue weighted by atomic mass is 9.92. The highest BCUT2D eigenvalue weighted by Crippen LogP contribution is 2.35. The van der Waals surface area contributed by atoms with E-state index in [0.29, 0.717) is 16.6 Å².